The maximum atomic E-state index is 5.81. The van der Waals surface area contributed by atoms with Crippen LogP contribution in [-0.2, 0) is 4.74 Å². The van der Waals surface area contributed by atoms with Crippen molar-refractivity contribution in [3.8, 4) is 0 Å². The van der Waals surface area contributed by atoms with Crippen LogP contribution in [0.1, 0.15) is 19.8 Å². The van der Waals surface area contributed by atoms with Crippen molar-refractivity contribution in [2.24, 2.45) is 5.92 Å². The fraction of sp³-hybridized carbons (Fsp3) is 1.00. The van der Waals surface area contributed by atoms with E-state index < -0.39 is 0 Å². The van der Waals surface area contributed by atoms with Crippen LogP contribution in [0.15, 0.2) is 0 Å². The first-order valence-corrected chi connectivity index (χ1v) is 7.51. The van der Waals surface area contributed by atoms with Gasteiger partial charge in [-0.1, -0.05) is 6.92 Å². The topological polar surface area (TPSA) is 27.7 Å². The standard InChI is InChI=1S/C14H29N3O/c1-3-17-7-8-18-14(12-17)10-15-9-13-5-4-6-16(2)11-13/h13-15H,3-12H2,1-2H3. The smallest absolute Gasteiger partial charge is 0.0826 e. The fourth-order valence-corrected chi connectivity index (χ4v) is 3.08. The van der Waals surface area contributed by atoms with Gasteiger partial charge in [0.25, 0.3) is 0 Å². The lowest BCUT2D eigenvalue weighted by Gasteiger charge is -2.33. The Hall–Kier alpha value is -0.160. The number of nitrogens with one attached hydrogen (secondary N) is 1. The average Bonchev–Trinajstić information content (AvgIpc) is 2.39. The quantitative estimate of drug-likeness (QED) is 0.780. The molecule has 0 bridgehead atoms. The number of ether oxygens (including phenoxy) is 1. The highest BCUT2D eigenvalue weighted by molar-refractivity contribution is 4.76. The van der Waals surface area contributed by atoms with Crippen LogP contribution in [0.25, 0.3) is 0 Å². The molecule has 4 heteroatoms. The summed E-state index contributed by atoms with van der Waals surface area (Å²) in [5, 5.41) is 3.61. The van der Waals surface area contributed by atoms with Crippen molar-refractivity contribution >= 4 is 0 Å². The van der Waals surface area contributed by atoms with Crippen LogP contribution < -0.4 is 5.32 Å². The van der Waals surface area contributed by atoms with E-state index in [0.717, 1.165) is 45.2 Å². The maximum absolute atomic E-state index is 5.81. The second-order valence-electron chi connectivity index (χ2n) is 5.81. The zero-order valence-electron chi connectivity index (χ0n) is 12.0. The van der Waals surface area contributed by atoms with Gasteiger partial charge in [0.15, 0.2) is 0 Å². The van der Waals surface area contributed by atoms with Gasteiger partial charge in [0.05, 0.1) is 12.7 Å². The molecule has 0 aliphatic carbocycles. The predicted octanol–water partition coefficient (Wildman–Crippen LogP) is 0.639. The SMILES string of the molecule is CCN1CCOC(CNCC2CCCN(C)C2)C1. The molecule has 2 atom stereocenters. The molecule has 2 heterocycles. The first-order valence-electron chi connectivity index (χ1n) is 7.51. The number of morpholine rings is 1. The lowest BCUT2D eigenvalue weighted by Crippen LogP contribution is -2.47. The van der Waals surface area contributed by atoms with E-state index in [1.165, 1.54) is 25.9 Å². The third-order valence-corrected chi connectivity index (χ3v) is 4.20. The molecular formula is C14H29N3O. The van der Waals surface area contributed by atoms with Crippen LogP contribution in [0.4, 0.5) is 0 Å². The zero-order chi connectivity index (χ0) is 12.8. The molecule has 106 valence electrons. The van der Waals surface area contributed by atoms with Crippen molar-refractivity contribution in [1.29, 1.82) is 0 Å². The summed E-state index contributed by atoms with van der Waals surface area (Å²) in [5.74, 6) is 0.828. The Morgan fingerprint density at radius 1 is 1.22 bits per heavy atom. The van der Waals surface area contributed by atoms with E-state index in [4.69, 9.17) is 4.74 Å². The van der Waals surface area contributed by atoms with E-state index in [-0.39, 0.29) is 0 Å². The van der Waals surface area contributed by atoms with Crippen molar-refractivity contribution in [3.05, 3.63) is 0 Å². The minimum Gasteiger partial charge on any atom is -0.374 e. The lowest BCUT2D eigenvalue weighted by molar-refractivity contribution is -0.0257. The first-order chi connectivity index (χ1) is 8.78. The largest absolute Gasteiger partial charge is 0.374 e. The molecule has 0 aromatic heterocycles. The first kappa shape index (κ1) is 14.3. The molecule has 1 N–H and O–H groups in total. The van der Waals surface area contributed by atoms with Gasteiger partial charge in [-0.3, -0.25) is 4.90 Å². The Morgan fingerprint density at radius 2 is 2.11 bits per heavy atom. The van der Waals surface area contributed by atoms with Crippen molar-refractivity contribution in [3.63, 3.8) is 0 Å². The Morgan fingerprint density at radius 3 is 2.89 bits per heavy atom. The summed E-state index contributed by atoms with van der Waals surface area (Å²) in [6, 6.07) is 0. The maximum Gasteiger partial charge on any atom is 0.0826 e. The van der Waals surface area contributed by atoms with Crippen LogP contribution in [0.5, 0.6) is 0 Å². The highest BCUT2D eigenvalue weighted by Gasteiger charge is 2.20. The predicted molar refractivity (Wildman–Crippen MR) is 74.9 cm³/mol. The second kappa shape index (κ2) is 7.43. The minimum absolute atomic E-state index is 0.389. The zero-order valence-corrected chi connectivity index (χ0v) is 12.0. The van der Waals surface area contributed by atoms with Crippen LogP contribution in [0.3, 0.4) is 0 Å². The number of nitrogens with zero attached hydrogens (tertiary/aromatic N) is 2. The summed E-state index contributed by atoms with van der Waals surface area (Å²) in [6.45, 7) is 11.1. The Balaban J connectivity index is 1.59. The average molecular weight is 255 g/mol. The van der Waals surface area contributed by atoms with Crippen LogP contribution in [-0.4, -0.2) is 75.4 Å². The van der Waals surface area contributed by atoms with E-state index in [0.29, 0.717) is 6.10 Å². The van der Waals surface area contributed by atoms with Gasteiger partial charge >= 0.3 is 0 Å². The molecule has 2 aliphatic heterocycles. The molecule has 2 saturated heterocycles. The fourth-order valence-electron chi connectivity index (χ4n) is 3.08. The molecule has 18 heavy (non-hydrogen) atoms. The minimum atomic E-state index is 0.389. The molecule has 4 nitrogen and oxygen atoms in total. The molecule has 0 saturated carbocycles. The summed E-state index contributed by atoms with van der Waals surface area (Å²) in [6.07, 6.45) is 3.12. The molecular weight excluding hydrogens is 226 g/mol. The summed E-state index contributed by atoms with van der Waals surface area (Å²) in [7, 11) is 2.23. The normalized spacial score (nSPS) is 31.7. The number of piperidine rings is 1. The Labute approximate surface area is 112 Å². The van der Waals surface area contributed by atoms with E-state index >= 15 is 0 Å². The third kappa shape index (κ3) is 4.50. The van der Waals surface area contributed by atoms with Crippen molar-refractivity contribution < 1.29 is 4.74 Å². The summed E-state index contributed by atoms with van der Waals surface area (Å²) in [5.41, 5.74) is 0. The molecule has 0 spiro atoms. The molecule has 0 aromatic carbocycles. The van der Waals surface area contributed by atoms with Gasteiger partial charge in [-0.2, -0.15) is 0 Å². The van der Waals surface area contributed by atoms with Crippen LogP contribution in [0, 0.1) is 5.92 Å². The lowest BCUT2D eigenvalue weighted by atomic mass is 9.98. The van der Waals surface area contributed by atoms with Gasteiger partial charge in [-0.15, -0.1) is 0 Å². The molecule has 0 aromatic rings. The van der Waals surface area contributed by atoms with Crippen molar-refractivity contribution in [1.82, 2.24) is 15.1 Å². The van der Waals surface area contributed by atoms with E-state index in [9.17, 15) is 0 Å². The number of hydrogen-bond acceptors (Lipinski definition) is 4. The van der Waals surface area contributed by atoms with Gasteiger partial charge in [0.2, 0.25) is 0 Å². The summed E-state index contributed by atoms with van der Waals surface area (Å²) >= 11 is 0. The van der Waals surface area contributed by atoms with Gasteiger partial charge in [0.1, 0.15) is 0 Å². The van der Waals surface area contributed by atoms with Gasteiger partial charge in [0, 0.05) is 26.2 Å². The van der Waals surface area contributed by atoms with Crippen LogP contribution in [0.2, 0.25) is 0 Å². The highest BCUT2D eigenvalue weighted by atomic mass is 16.5. The van der Waals surface area contributed by atoms with Gasteiger partial charge < -0.3 is 15.0 Å². The number of rotatable bonds is 5. The van der Waals surface area contributed by atoms with E-state index in [1.54, 1.807) is 0 Å². The molecule has 2 rings (SSSR count). The number of likely N-dealkylation sites (N-methyl/N-ethyl adjacent to an activating group) is 1. The van der Waals surface area contributed by atoms with E-state index in [2.05, 4.69) is 29.1 Å². The summed E-state index contributed by atoms with van der Waals surface area (Å²) in [4.78, 5) is 4.93. The number of hydrogen-bond donors (Lipinski definition) is 1. The molecule has 2 fully saturated rings. The van der Waals surface area contributed by atoms with Gasteiger partial charge in [-0.25, -0.2) is 0 Å². The van der Waals surface area contributed by atoms with E-state index in [1.807, 2.05) is 0 Å². The number of likely N-dealkylation sites (tertiary alicyclic amines) is 1. The molecule has 2 unspecified atom stereocenters. The highest BCUT2D eigenvalue weighted by Crippen LogP contribution is 2.14. The van der Waals surface area contributed by atoms with Gasteiger partial charge in [-0.05, 0) is 45.4 Å². The molecule has 2 aliphatic rings. The van der Waals surface area contributed by atoms with Crippen molar-refractivity contribution in [2.75, 3.05) is 59.5 Å². The molecule has 0 radical (unpaired) electrons. The second-order valence-corrected chi connectivity index (χ2v) is 5.81. The Kier molecular flexibility index (Phi) is 5.89. The monoisotopic (exact) mass is 255 g/mol. The van der Waals surface area contributed by atoms with Crippen LogP contribution >= 0.6 is 0 Å². The third-order valence-electron chi connectivity index (χ3n) is 4.20. The Bertz CT molecular complexity index is 237. The summed E-state index contributed by atoms with van der Waals surface area (Å²) < 4.78 is 5.81. The van der Waals surface area contributed by atoms with Crippen molar-refractivity contribution in [2.45, 2.75) is 25.9 Å². The molecule has 0 amide bonds.